The van der Waals surface area contributed by atoms with Crippen molar-refractivity contribution >= 4 is 29.0 Å². The van der Waals surface area contributed by atoms with Crippen molar-refractivity contribution in [1.29, 1.82) is 0 Å². The quantitative estimate of drug-likeness (QED) is 0.718. The molecule has 0 radical (unpaired) electrons. The third-order valence-electron chi connectivity index (χ3n) is 3.65. The van der Waals surface area contributed by atoms with Crippen LogP contribution in [0.25, 0.3) is 0 Å². The summed E-state index contributed by atoms with van der Waals surface area (Å²) in [4.78, 5) is 20.6. The smallest absolute Gasteiger partial charge is 0.257 e. The summed E-state index contributed by atoms with van der Waals surface area (Å²) in [6.07, 6.45) is 5.06. The Morgan fingerprint density at radius 3 is 2.72 bits per heavy atom. The van der Waals surface area contributed by atoms with Gasteiger partial charge in [-0.15, -0.1) is 0 Å². The van der Waals surface area contributed by atoms with Crippen molar-refractivity contribution in [3.05, 3.63) is 82.8 Å². The van der Waals surface area contributed by atoms with Crippen LogP contribution in [0.15, 0.2) is 61.1 Å². The number of hydrogen-bond acceptors (Lipinski definition) is 4. The van der Waals surface area contributed by atoms with Gasteiger partial charge in [0.2, 0.25) is 0 Å². The Hall–Kier alpha value is -2.92. The lowest BCUT2D eigenvalue weighted by Gasteiger charge is -2.08. The SMILES string of the molecule is Cc1ccc(NC(=O)c2ccc(NCc3cccnc3)nc2)cc1Cl. The van der Waals surface area contributed by atoms with E-state index in [1.807, 2.05) is 31.2 Å². The summed E-state index contributed by atoms with van der Waals surface area (Å²) in [6.45, 7) is 2.53. The molecule has 6 heteroatoms. The highest BCUT2D eigenvalue weighted by molar-refractivity contribution is 6.31. The van der Waals surface area contributed by atoms with Gasteiger partial charge in [-0.05, 0) is 48.4 Å². The molecular formula is C19H17ClN4O. The maximum absolute atomic E-state index is 12.3. The van der Waals surface area contributed by atoms with E-state index < -0.39 is 0 Å². The van der Waals surface area contributed by atoms with E-state index in [1.165, 1.54) is 6.20 Å². The molecule has 2 aromatic heterocycles. The minimum Gasteiger partial charge on any atom is -0.366 e. The topological polar surface area (TPSA) is 66.9 Å². The monoisotopic (exact) mass is 352 g/mol. The molecule has 126 valence electrons. The molecule has 25 heavy (non-hydrogen) atoms. The standard InChI is InChI=1S/C19H17ClN4O/c1-13-4-6-16(9-17(13)20)24-19(25)15-5-7-18(23-12-15)22-11-14-3-2-8-21-10-14/h2-10,12H,11H2,1H3,(H,22,23)(H,24,25). The molecular weight excluding hydrogens is 336 g/mol. The second-order valence-electron chi connectivity index (χ2n) is 5.57. The molecule has 2 N–H and O–H groups in total. The number of benzene rings is 1. The van der Waals surface area contributed by atoms with Gasteiger partial charge < -0.3 is 10.6 Å². The molecule has 0 saturated carbocycles. The molecule has 3 rings (SSSR count). The average Bonchev–Trinajstić information content (AvgIpc) is 2.64. The summed E-state index contributed by atoms with van der Waals surface area (Å²) < 4.78 is 0. The Kier molecular flexibility index (Phi) is 5.26. The van der Waals surface area contributed by atoms with Gasteiger partial charge in [0.05, 0.1) is 5.56 Å². The van der Waals surface area contributed by atoms with Crippen LogP contribution in [-0.4, -0.2) is 15.9 Å². The molecule has 3 aromatic rings. The Morgan fingerprint density at radius 2 is 2.04 bits per heavy atom. The normalized spacial score (nSPS) is 10.3. The first kappa shape index (κ1) is 16.9. The second-order valence-corrected chi connectivity index (χ2v) is 5.97. The Labute approximate surface area is 151 Å². The maximum atomic E-state index is 12.3. The van der Waals surface area contributed by atoms with Crippen LogP contribution in [0.2, 0.25) is 5.02 Å². The van der Waals surface area contributed by atoms with Crippen molar-refractivity contribution in [3.8, 4) is 0 Å². The predicted molar refractivity (Wildman–Crippen MR) is 99.9 cm³/mol. The van der Waals surface area contributed by atoms with Crippen LogP contribution in [0, 0.1) is 6.92 Å². The first-order chi connectivity index (χ1) is 12.1. The highest BCUT2D eigenvalue weighted by Crippen LogP contribution is 2.20. The van der Waals surface area contributed by atoms with Crippen LogP contribution >= 0.6 is 11.6 Å². The number of carbonyl (C=O) groups is 1. The van der Waals surface area contributed by atoms with Gasteiger partial charge >= 0.3 is 0 Å². The van der Waals surface area contributed by atoms with E-state index in [9.17, 15) is 4.79 Å². The van der Waals surface area contributed by atoms with E-state index in [2.05, 4.69) is 20.6 Å². The molecule has 0 atom stereocenters. The van der Waals surface area contributed by atoms with Crippen LogP contribution in [-0.2, 0) is 6.54 Å². The summed E-state index contributed by atoms with van der Waals surface area (Å²) in [5, 5.41) is 6.62. The number of amides is 1. The lowest BCUT2D eigenvalue weighted by atomic mass is 10.2. The summed E-state index contributed by atoms with van der Waals surface area (Å²) in [5.41, 5.74) is 3.15. The van der Waals surface area contributed by atoms with Crippen molar-refractivity contribution in [2.75, 3.05) is 10.6 Å². The van der Waals surface area contributed by atoms with E-state index >= 15 is 0 Å². The molecule has 0 bridgehead atoms. The largest absolute Gasteiger partial charge is 0.366 e. The summed E-state index contributed by atoms with van der Waals surface area (Å²) in [5.74, 6) is 0.463. The minimum atomic E-state index is -0.230. The van der Waals surface area contributed by atoms with Gasteiger partial charge in [0.25, 0.3) is 5.91 Å². The zero-order valence-corrected chi connectivity index (χ0v) is 14.4. The van der Waals surface area contributed by atoms with E-state index in [4.69, 9.17) is 11.6 Å². The molecule has 0 fully saturated rings. The second kappa shape index (κ2) is 7.77. The number of pyridine rings is 2. The van der Waals surface area contributed by atoms with E-state index in [-0.39, 0.29) is 5.91 Å². The Balaban J connectivity index is 1.61. The zero-order valence-electron chi connectivity index (χ0n) is 13.7. The van der Waals surface area contributed by atoms with Crippen LogP contribution in [0.1, 0.15) is 21.5 Å². The Bertz CT molecular complexity index is 866. The molecule has 0 unspecified atom stereocenters. The number of nitrogens with zero attached hydrogens (tertiary/aromatic N) is 2. The Morgan fingerprint density at radius 1 is 1.16 bits per heavy atom. The number of anilines is 2. The fourth-order valence-corrected chi connectivity index (χ4v) is 2.38. The molecule has 0 spiro atoms. The lowest BCUT2D eigenvalue weighted by Crippen LogP contribution is -2.12. The highest BCUT2D eigenvalue weighted by atomic mass is 35.5. The molecule has 0 aliphatic rings. The van der Waals surface area contributed by atoms with E-state index in [0.29, 0.717) is 28.6 Å². The predicted octanol–water partition coefficient (Wildman–Crippen LogP) is 4.30. The minimum absolute atomic E-state index is 0.230. The number of aromatic nitrogens is 2. The van der Waals surface area contributed by atoms with Crippen LogP contribution in [0.3, 0.4) is 0 Å². The van der Waals surface area contributed by atoms with Gasteiger partial charge in [-0.25, -0.2) is 4.98 Å². The lowest BCUT2D eigenvalue weighted by molar-refractivity contribution is 0.102. The molecule has 0 saturated heterocycles. The van der Waals surface area contributed by atoms with Crippen LogP contribution in [0.5, 0.6) is 0 Å². The van der Waals surface area contributed by atoms with Gasteiger partial charge in [0.15, 0.2) is 0 Å². The number of rotatable bonds is 5. The highest BCUT2D eigenvalue weighted by Gasteiger charge is 2.08. The summed E-state index contributed by atoms with van der Waals surface area (Å²) in [7, 11) is 0. The van der Waals surface area contributed by atoms with Gasteiger partial charge in [-0.1, -0.05) is 23.7 Å². The van der Waals surface area contributed by atoms with Crippen LogP contribution < -0.4 is 10.6 Å². The maximum Gasteiger partial charge on any atom is 0.257 e. The fraction of sp³-hybridized carbons (Fsp3) is 0.105. The summed E-state index contributed by atoms with van der Waals surface area (Å²) >= 11 is 6.07. The van der Waals surface area contributed by atoms with Gasteiger partial charge in [-0.2, -0.15) is 0 Å². The number of hydrogen-bond donors (Lipinski definition) is 2. The fourth-order valence-electron chi connectivity index (χ4n) is 2.20. The van der Waals surface area contributed by atoms with Crippen LogP contribution in [0.4, 0.5) is 11.5 Å². The first-order valence-electron chi connectivity index (χ1n) is 7.78. The number of carbonyl (C=O) groups excluding carboxylic acids is 1. The van der Waals surface area contributed by atoms with Crippen molar-refractivity contribution < 1.29 is 4.79 Å². The number of nitrogens with one attached hydrogen (secondary N) is 2. The van der Waals surface area contributed by atoms with E-state index in [1.54, 1.807) is 30.6 Å². The van der Waals surface area contributed by atoms with Gasteiger partial charge in [0, 0.05) is 35.8 Å². The molecule has 1 aromatic carbocycles. The molecule has 0 aliphatic carbocycles. The van der Waals surface area contributed by atoms with Crippen molar-refractivity contribution in [1.82, 2.24) is 9.97 Å². The van der Waals surface area contributed by atoms with Gasteiger partial charge in [0.1, 0.15) is 5.82 Å². The van der Waals surface area contributed by atoms with Crippen molar-refractivity contribution in [3.63, 3.8) is 0 Å². The number of halogens is 1. The van der Waals surface area contributed by atoms with Crippen molar-refractivity contribution in [2.24, 2.45) is 0 Å². The number of aryl methyl sites for hydroxylation is 1. The molecule has 2 heterocycles. The molecule has 0 aliphatic heterocycles. The zero-order chi connectivity index (χ0) is 17.6. The van der Waals surface area contributed by atoms with Gasteiger partial charge in [-0.3, -0.25) is 9.78 Å². The summed E-state index contributed by atoms with van der Waals surface area (Å²) in [6, 6.07) is 12.8. The first-order valence-corrected chi connectivity index (χ1v) is 8.16. The molecule has 1 amide bonds. The third-order valence-corrected chi connectivity index (χ3v) is 4.06. The average molecular weight is 353 g/mol. The van der Waals surface area contributed by atoms with Crippen molar-refractivity contribution in [2.45, 2.75) is 13.5 Å². The molecule has 5 nitrogen and oxygen atoms in total. The third kappa shape index (κ3) is 4.55. The van der Waals surface area contributed by atoms with E-state index in [0.717, 1.165) is 11.1 Å².